The van der Waals surface area contributed by atoms with Crippen LogP contribution in [-0.2, 0) is 4.74 Å². The molecular formula is C10H15N3O. The zero-order valence-electron chi connectivity index (χ0n) is 8.31. The van der Waals surface area contributed by atoms with Crippen molar-refractivity contribution in [3.8, 4) is 0 Å². The van der Waals surface area contributed by atoms with Crippen LogP contribution in [0.2, 0.25) is 0 Å². The molecular weight excluding hydrogens is 178 g/mol. The molecule has 4 nitrogen and oxygen atoms in total. The van der Waals surface area contributed by atoms with Gasteiger partial charge in [-0.15, -0.1) is 0 Å². The van der Waals surface area contributed by atoms with Crippen LogP contribution in [0.4, 0.5) is 11.5 Å². The minimum Gasteiger partial charge on any atom is -0.384 e. The van der Waals surface area contributed by atoms with Crippen LogP contribution in [0, 0.1) is 0 Å². The molecule has 0 aliphatic carbocycles. The Morgan fingerprint density at radius 3 is 3.21 bits per heavy atom. The topological polar surface area (TPSA) is 51.4 Å². The van der Waals surface area contributed by atoms with Crippen LogP contribution in [0.5, 0.6) is 0 Å². The Morgan fingerprint density at radius 2 is 2.50 bits per heavy atom. The number of anilines is 2. The molecule has 1 aliphatic rings. The summed E-state index contributed by atoms with van der Waals surface area (Å²) in [5.74, 6) is 0.571. The van der Waals surface area contributed by atoms with Crippen LogP contribution in [0.15, 0.2) is 18.3 Å². The van der Waals surface area contributed by atoms with E-state index in [0.717, 1.165) is 25.4 Å². The van der Waals surface area contributed by atoms with Crippen LogP contribution in [0.3, 0.4) is 0 Å². The van der Waals surface area contributed by atoms with Gasteiger partial charge in [-0.05, 0) is 13.0 Å². The molecule has 1 aliphatic heterocycles. The average Bonchev–Trinajstić information content (AvgIpc) is 2.18. The van der Waals surface area contributed by atoms with E-state index in [1.165, 1.54) is 0 Å². The van der Waals surface area contributed by atoms with Crippen molar-refractivity contribution in [2.75, 3.05) is 30.3 Å². The molecule has 0 spiro atoms. The van der Waals surface area contributed by atoms with E-state index in [1.54, 1.807) is 6.20 Å². The van der Waals surface area contributed by atoms with E-state index in [1.807, 2.05) is 12.1 Å². The first kappa shape index (κ1) is 9.27. The maximum absolute atomic E-state index is 5.63. The fourth-order valence-corrected chi connectivity index (χ4v) is 1.69. The number of rotatable bonds is 1. The first-order chi connectivity index (χ1) is 6.75. The number of ether oxygens (including phenoxy) is 1. The molecule has 2 N–H and O–H groups in total. The van der Waals surface area contributed by atoms with E-state index in [2.05, 4.69) is 16.8 Å². The van der Waals surface area contributed by atoms with Gasteiger partial charge in [0.05, 0.1) is 12.7 Å². The summed E-state index contributed by atoms with van der Waals surface area (Å²) in [6, 6.07) is 3.88. The normalized spacial score (nSPS) is 22.4. The number of morpholine rings is 1. The lowest BCUT2D eigenvalue weighted by Crippen LogP contribution is -2.41. The zero-order valence-corrected chi connectivity index (χ0v) is 8.31. The Balaban J connectivity index is 2.14. The highest BCUT2D eigenvalue weighted by molar-refractivity contribution is 5.52. The van der Waals surface area contributed by atoms with Gasteiger partial charge in [-0.1, -0.05) is 0 Å². The summed E-state index contributed by atoms with van der Waals surface area (Å²) >= 11 is 0. The van der Waals surface area contributed by atoms with Gasteiger partial charge in [0.25, 0.3) is 0 Å². The Kier molecular flexibility index (Phi) is 2.54. The summed E-state index contributed by atoms with van der Waals surface area (Å²) in [5.41, 5.74) is 6.76. The van der Waals surface area contributed by atoms with E-state index >= 15 is 0 Å². The van der Waals surface area contributed by atoms with E-state index in [-0.39, 0.29) is 6.10 Å². The second-order valence-electron chi connectivity index (χ2n) is 3.57. The van der Waals surface area contributed by atoms with Gasteiger partial charge in [0.1, 0.15) is 5.82 Å². The lowest BCUT2D eigenvalue weighted by molar-refractivity contribution is 0.0532. The average molecular weight is 193 g/mol. The summed E-state index contributed by atoms with van der Waals surface area (Å²) in [7, 11) is 0. The SMILES string of the molecule is CC1CN(c2ccnc(N)c2)CCO1. The van der Waals surface area contributed by atoms with Crippen molar-refractivity contribution < 1.29 is 4.74 Å². The number of nitrogens with two attached hydrogens (primary N) is 1. The van der Waals surface area contributed by atoms with Gasteiger partial charge >= 0.3 is 0 Å². The molecule has 0 aromatic carbocycles. The standard InChI is InChI=1S/C10H15N3O/c1-8-7-13(4-5-14-8)9-2-3-12-10(11)6-9/h2-3,6,8H,4-5,7H2,1H3,(H2,11,12). The molecule has 2 rings (SSSR count). The smallest absolute Gasteiger partial charge is 0.125 e. The number of nitrogen functional groups attached to an aromatic ring is 1. The largest absolute Gasteiger partial charge is 0.384 e. The number of aromatic nitrogens is 1. The number of hydrogen-bond acceptors (Lipinski definition) is 4. The molecule has 1 aromatic rings. The van der Waals surface area contributed by atoms with Crippen molar-refractivity contribution in [2.24, 2.45) is 0 Å². The molecule has 0 saturated carbocycles. The number of nitrogens with zero attached hydrogens (tertiary/aromatic N) is 2. The summed E-state index contributed by atoms with van der Waals surface area (Å²) in [4.78, 5) is 6.24. The Labute approximate surface area is 83.7 Å². The third-order valence-corrected chi connectivity index (χ3v) is 2.37. The van der Waals surface area contributed by atoms with Gasteiger partial charge in [-0.25, -0.2) is 4.98 Å². The van der Waals surface area contributed by atoms with E-state index in [0.29, 0.717) is 5.82 Å². The lowest BCUT2D eigenvalue weighted by Gasteiger charge is -2.32. The molecule has 1 aromatic heterocycles. The van der Waals surface area contributed by atoms with E-state index in [4.69, 9.17) is 10.5 Å². The van der Waals surface area contributed by atoms with Crippen molar-refractivity contribution in [1.82, 2.24) is 4.98 Å². The molecule has 0 amide bonds. The first-order valence-electron chi connectivity index (χ1n) is 4.84. The molecule has 1 saturated heterocycles. The van der Waals surface area contributed by atoms with Crippen LogP contribution in [0.1, 0.15) is 6.92 Å². The second kappa shape index (κ2) is 3.84. The maximum atomic E-state index is 5.63. The van der Waals surface area contributed by atoms with Gasteiger partial charge in [0, 0.05) is 31.0 Å². The molecule has 2 heterocycles. The molecule has 4 heteroatoms. The molecule has 1 fully saturated rings. The second-order valence-corrected chi connectivity index (χ2v) is 3.57. The summed E-state index contributed by atoms with van der Waals surface area (Å²) in [6.07, 6.45) is 2.03. The third-order valence-electron chi connectivity index (χ3n) is 2.37. The van der Waals surface area contributed by atoms with Gasteiger partial charge < -0.3 is 15.4 Å². The lowest BCUT2D eigenvalue weighted by atomic mass is 10.2. The molecule has 0 radical (unpaired) electrons. The van der Waals surface area contributed by atoms with Gasteiger partial charge in [-0.3, -0.25) is 0 Å². The minimum atomic E-state index is 0.290. The van der Waals surface area contributed by atoms with Gasteiger partial charge in [0.15, 0.2) is 0 Å². The number of hydrogen-bond donors (Lipinski definition) is 1. The predicted molar refractivity (Wildman–Crippen MR) is 56.3 cm³/mol. The van der Waals surface area contributed by atoms with Gasteiger partial charge in [0.2, 0.25) is 0 Å². The third kappa shape index (κ3) is 1.96. The highest BCUT2D eigenvalue weighted by Crippen LogP contribution is 2.18. The van der Waals surface area contributed by atoms with Crippen molar-refractivity contribution in [3.63, 3.8) is 0 Å². The minimum absolute atomic E-state index is 0.290. The summed E-state index contributed by atoms with van der Waals surface area (Å²) in [5, 5.41) is 0. The Hall–Kier alpha value is -1.29. The molecule has 76 valence electrons. The highest BCUT2D eigenvalue weighted by atomic mass is 16.5. The van der Waals surface area contributed by atoms with Crippen LogP contribution < -0.4 is 10.6 Å². The summed E-state index contributed by atoms with van der Waals surface area (Å²) in [6.45, 7) is 4.71. The van der Waals surface area contributed by atoms with Crippen LogP contribution >= 0.6 is 0 Å². The molecule has 14 heavy (non-hydrogen) atoms. The number of pyridine rings is 1. The Bertz CT molecular complexity index is 316. The van der Waals surface area contributed by atoms with Crippen molar-refractivity contribution in [1.29, 1.82) is 0 Å². The Morgan fingerprint density at radius 1 is 1.64 bits per heavy atom. The summed E-state index contributed by atoms with van der Waals surface area (Å²) < 4.78 is 5.47. The van der Waals surface area contributed by atoms with Crippen molar-refractivity contribution >= 4 is 11.5 Å². The van der Waals surface area contributed by atoms with Crippen LogP contribution in [0.25, 0.3) is 0 Å². The first-order valence-corrected chi connectivity index (χ1v) is 4.84. The predicted octanol–water partition coefficient (Wildman–Crippen LogP) is 0.889. The quantitative estimate of drug-likeness (QED) is 0.719. The maximum Gasteiger partial charge on any atom is 0.125 e. The molecule has 1 unspecified atom stereocenters. The zero-order chi connectivity index (χ0) is 9.97. The fourth-order valence-electron chi connectivity index (χ4n) is 1.69. The monoisotopic (exact) mass is 193 g/mol. The van der Waals surface area contributed by atoms with Crippen molar-refractivity contribution in [2.45, 2.75) is 13.0 Å². The van der Waals surface area contributed by atoms with E-state index in [9.17, 15) is 0 Å². The van der Waals surface area contributed by atoms with E-state index < -0.39 is 0 Å². The molecule has 1 atom stereocenters. The van der Waals surface area contributed by atoms with Gasteiger partial charge in [-0.2, -0.15) is 0 Å². The van der Waals surface area contributed by atoms with Crippen molar-refractivity contribution in [3.05, 3.63) is 18.3 Å². The van der Waals surface area contributed by atoms with Crippen LogP contribution in [-0.4, -0.2) is 30.8 Å². The highest BCUT2D eigenvalue weighted by Gasteiger charge is 2.16. The molecule has 0 bridgehead atoms. The fraction of sp³-hybridized carbons (Fsp3) is 0.500.